The average molecular weight is 1560 g/mol. The zero-order valence-corrected chi connectivity index (χ0v) is 61.9. The molecular formula is C67H118N12O29. The van der Waals surface area contributed by atoms with Crippen LogP contribution in [0, 0.1) is 11.8 Å². The largest absolute Gasteiger partial charge is 0.396 e. The van der Waals surface area contributed by atoms with Crippen molar-refractivity contribution in [3.8, 4) is 0 Å². The maximum absolute atomic E-state index is 13.8. The highest BCUT2D eigenvalue weighted by atomic mass is 16.8. The van der Waals surface area contributed by atoms with E-state index in [0.29, 0.717) is 77.2 Å². The molecule has 10 amide bonds. The average Bonchev–Trinajstić information content (AvgIpc) is 1.54. The van der Waals surface area contributed by atoms with Gasteiger partial charge in [0.2, 0.25) is 65.4 Å². The molecular weight excluding hydrogens is 1440 g/mol. The topological polar surface area (TPSA) is 603 Å². The van der Waals surface area contributed by atoms with Gasteiger partial charge < -0.3 is 137 Å². The van der Waals surface area contributed by atoms with Crippen LogP contribution in [0.25, 0.3) is 0 Å². The monoisotopic (exact) mass is 1550 g/mol. The molecule has 0 radical (unpaired) electrons. The minimum atomic E-state index is -1.52. The third-order valence-electron chi connectivity index (χ3n) is 18.9. The minimum Gasteiger partial charge on any atom is -0.396 e. The van der Waals surface area contributed by atoms with Gasteiger partial charge in [0.1, 0.15) is 59.8 Å². The van der Waals surface area contributed by atoms with E-state index in [1.807, 2.05) is 0 Å². The summed E-state index contributed by atoms with van der Waals surface area (Å²) in [5, 5.41) is 120. The zero-order valence-electron chi connectivity index (χ0n) is 61.9. The molecule has 11 unspecified atom stereocenters. The smallest absolute Gasteiger partial charge is 0.248 e. The summed E-state index contributed by atoms with van der Waals surface area (Å²) >= 11 is 0. The highest BCUT2D eigenvalue weighted by Crippen LogP contribution is 2.50. The van der Waals surface area contributed by atoms with E-state index in [1.165, 1.54) is 20.8 Å². The van der Waals surface area contributed by atoms with Gasteiger partial charge in [-0.25, -0.2) is 5.90 Å². The zero-order chi connectivity index (χ0) is 79.2. The Morgan fingerprint density at radius 3 is 1.31 bits per heavy atom. The Kier molecular flexibility index (Phi) is 41.6. The lowest BCUT2D eigenvalue weighted by molar-refractivity contribution is -0.347. The fourth-order valence-electron chi connectivity index (χ4n) is 13.3. The Labute approximate surface area is 626 Å². The summed E-state index contributed by atoms with van der Waals surface area (Å²) in [4.78, 5) is 136. The summed E-state index contributed by atoms with van der Waals surface area (Å²) in [5.74, 6) is -0.704. The normalized spacial score (nSPS) is 28.0. The van der Waals surface area contributed by atoms with Gasteiger partial charge in [-0.05, 0) is 57.8 Å². The highest BCUT2D eigenvalue weighted by Gasteiger charge is 2.74. The maximum Gasteiger partial charge on any atom is 0.248 e. The first kappa shape index (κ1) is 92.5. The molecule has 41 heteroatoms. The molecule has 0 spiro atoms. The fraction of sp³-hybridized carbons (Fsp3) is 0.851. The first-order chi connectivity index (χ1) is 51.7. The van der Waals surface area contributed by atoms with E-state index in [2.05, 4.69) is 63.5 Å². The number of hydrogen-bond donors (Lipinski definition) is 21. The molecule has 3 aliphatic heterocycles. The Balaban J connectivity index is 1.08. The van der Waals surface area contributed by atoms with Crippen LogP contribution in [0.3, 0.4) is 0 Å². The summed E-state index contributed by atoms with van der Waals surface area (Å²) in [6, 6.07) is -1.10. The molecule has 108 heavy (non-hydrogen) atoms. The number of amides is 10. The number of unbranched alkanes of at least 4 members (excludes halogenated alkanes) is 5. The number of carbonyl (C=O) groups is 10. The Hall–Kier alpha value is -6.14. The van der Waals surface area contributed by atoms with Crippen molar-refractivity contribution in [3.05, 3.63) is 0 Å². The van der Waals surface area contributed by atoms with Crippen molar-refractivity contribution >= 4 is 59.1 Å². The van der Waals surface area contributed by atoms with Crippen molar-refractivity contribution in [3.63, 3.8) is 0 Å². The standard InChI is InChI=1S/C67H118N12O29/c1-40(83)76-53-57(96)56(95)45(35-82)105-62(53)102-28-10-7-15-46(86)69-22-12-24-71-48(88)18-30-99-37-65(79-51(91)17-6-4-5-9-21-74-52(92)36-104-68,39-101-32-20-50(90)73-26-14-27-75-108-64-67(78-42(3)85)59(98)55(94)44(34-81)61(67)107-64)38-100-31-19-49(89)72-25-13-23-70-47(87)16-8-11-29-103-63-66(77-41(2)84)58(97)54(93)43(33-80)60(66)106-63/h43-45,53-64,75,80-82,93-98H,4-39,68H2,1-3H3,(H,69,86)(H,70,87)(H,71,88)(H,72,89)(H,73,90)(H,74,92)(H,76,83)(H,77,84)(H,78,85)(H,79,91)/t43-,44?,45?,53?,54+,55+,56+,57?,58?,59?,60?,61?,62-,63-,64+,65?,66?,67?/m1/s1. The van der Waals surface area contributed by atoms with E-state index in [0.717, 1.165) is 0 Å². The summed E-state index contributed by atoms with van der Waals surface area (Å²) in [7, 11) is 0. The Morgan fingerprint density at radius 1 is 0.426 bits per heavy atom. The van der Waals surface area contributed by atoms with E-state index >= 15 is 0 Å². The van der Waals surface area contributed by atoms with Gasteiger partial charge >= 0.3 is 0 Å². The molecule has 18 atom stereocenters. The Morgan fingerprint density at radius 2 is 0.843 bits per heavy atom. The fourth-order valence-corrected chi connectivity index (χ4v) is 13.3. The van der Waals surface area contributed by atoms with Crippen LogP contribution in [0.5, 0.6) is 0 Å². The van der Waals surface area contributed by atoms with Crippen LogP contribution < -0.4 is 64.5 Å². The van der Waals surface area contributed by atoms with Gasteiger partial charge in [-0.1, -0.05) is 12.8 Å². The van der Waals surface area contributed by atoms with Crippen LogP contribution in [-0.2, 0) is 95.5 Å². The molecule has 2 aliphatic carbocycles. The van der Waals surface area contributed by atoms with Gasteiger partial charge in [-0.3, -0.25) is 57.6 Å². The molecule has 41 nitrogen and oxygen atoms in total. The predicted molar refractivity (Wildman–Crippen MR) is 372 cm³/mol. The molecule has 620 valence electrons. The molecule has 5 fully saturated rings. The molecule has 0 aromatic carbocycles. The summed E-state index contributed by atoms with van der Waals surface area (Å²) in [5.41, 5.74) is -1.72. The maximum atomic E-state index is 13.8. The minimum absolute atomic E-state index is 0.0458. The SMILES string of the molecule is CC(=O)NC1C(O)[C@@H](O)C(CO)O[C@H]1OCCCCC(=O)NCCCNC(=O)CCOCC(COCCC(=O)NCCCNO[C@@H]1OC2C(CO)[C@H](O)C(O)C21NC(C)=O)(COCCC(=O)NCCCNC(=O)CCCCO[C@@H]1OC2[C@H](CO)[C@H](O)C(O)C21NC(C)=O)NC(=O)CCCCCCNC(=O)CON. The molecule has 3 heterocycles. The molecule has 22 N–H and O–H groups in total. The van der Waals surface area contributed by atoms with Crippen molar-refractivity contribution in [2.45, 2.75) is 226 Å². The first-order valence-corrected chi connectivity index (χ1v) is 37.0. The predicted octanol–water partition coefficient (Wildman–Crippen LogP) is -8.50. The van der Waals surface area contributed by atoms with E-state index in [-0.39, 0.29) is 167 Å². The molecule has 0 aromatic rings. The van der Waals surface area contributed by atoms with Crippen LogP contribution in [0.2, 0.25) is 0 Å². The number of hydrogen-bond acceptors (Lipinski definition) is 31. The number of rotatable bonds is 57. The van der Waals surface area contributed by atoms with E-state index in [4.69, 9.17) is 48.6 Å². The van der Waals surface area contributed by atoms with Crippen molar-refractivity contribution < 1.29 is 141 Å². The van der Waals surface area contributed by atoms with Crippen LogP contribution in [0.4, 0.5) is 0 Å². The van der Waals surface area contributed by atoms with E-state index in [1.54, 1.807) is 0 Å². The number of aliphatic hydroxyl groups excluding tert-OH is 9. The number of aliphatic hydroxyl groups is 9. The van der Waals surface area contributed by atoms with Crippen molar-refractivity contribution in [1.29, 1.82) is 0 Å². The third-order valence-corrected chi connectivity index (χ3v) is 18.9. The number of hydroxylamine groups is 1. The van der Waals surface area contributed by atoms with Gasteiger partial charge in [0.25, 0.3) is 0 Å². The van der Waals surface area contributed by atoms with E-state index < -0.39 is 158 Å². The highest BCUT2D eigenvalue weighted by molar-refractivity contribution is 5.79. The van der Waals surface area contributed by atoms with Crippen molar-refractivity contribution in [2.24, 2.45) is 17.7 Å². The van der Waals surface area contributed by atoms with Crippen LogP contribution in [-0.4, -0.2) is 327 Å². The number of nitrogens with one attached hydrogen (secondary N) is 11. The number of nitrogens with two attached hydrogens (primary N) is 1. The van der Waals surface area contributed by atoms with Gasteiger partial charge in [0.05, 0.1) is 83.9 Å². The number of fused-ring (bicyclic) bond motifs is 2. The van der Waals surface area contributed by atoms with Crippen LogP contribution in [0.1, 0.15) is 130 Å². The van der Waals surface area contributed by atoms with Gasteiger partial charge in [-0.2, -0.15) is 5.48 Å². The summed E-state index contributed by atoms with van der Waals surface area (Å²) in [6.45, 7) is 2.32. The number of ether oxygens (including phenoxy) is 8. The van der Waals surface area contributed by atoms with Gasteiger partial charge in [0.15, 0.2) is 12.6 Å². The van der Waals surface area contributed by atoms with Crippen molar-refractivity contribution in [1.82, 2.24) is 58.6 Å². The molecule has 0 bridgehead atoms. The lowest BCUT2D eigenvalue weighted by atomic mass is 9.84. The van der Waals surface area contributed by atoms with Gasteiger partial charge in [0, 0.05) is 130 Å². The van der Waals surface area contributed by atoms with E-state index in [9.17, 15) is 93.9 Å². The lowest BCUT2D eigenvalue weighted by Crippen LogP contribution is -2.78. The molecule has 2 saturated carbocycles. The number of carbonyl (C=O) groups excluding carboxylic acids is 10. The van der Waals surface area contributed by atoms with Crippen LogP contribution >= 0.6 is 0 Å². The van der Waals surface area contributed by atoms with Gasteiger partial charge in [-0.15, -0.1) is 0 Å². The Bertz CT molecular complexity index is 2790. The van der Waals surface area contributed by atoms with Crippen LogP contribution in [0.15, 0.2) is 0 Å². The quantitative estimate of drug-likeness (QED) is 0.0199. The second-order valence-corrected chi connectivity index (χ2v) is 27.5. The second-order valence-electron chi connectivity index (χ2n) is 27.5. The molecule has 3 saturated heterocycles. The van der Waals surface area contributed by atoms with Crippen molar-refractivity contribution in [2.75, 3.05) is 125 Å². The molecule has 0 aromatic heterocycles. The summed E-state index contributed by atoms with van der Waals surface area (Å²) < 4.78 is 46.6. The third kappa shape index (κ3) is 28.6. The lowest BCUT2D eigenvalue weighted by Gasteiger charge is -2.53. The molecule has 5 rings (SSSR count). The molecule has 5 aliphatic rings. The summed E-state index contributed by atoms with van der Waals surface area (Å²) in [6.07, 6.45) is -9.99. The second kappa shape index (κ2) is 48.6. The first-order valence-electron chi connectivity index (χ1n) is 37.0.